The zero-order valence-electron chi connectivity index (χ0n) is 13.4. The highest BCUT2D eigenvalue weighted by molar-refractivity contribution is 4.93. The van der Waals surface area contributed by atoms with E-state index >= 15 is 0 Å². The zero-order valence-corrected chi connectivity index (χ0v) is 13.4. The zero-order chi connectivity index (χ0) is 13.8. The molecule has 0 aromatic rings. The third-order valence-electron chi connectivity index (χ3n) is 6.02. The van der Waals surface area contributed by atoms with Gasteiger partial charge in [0.2, 0.25) is 0 Å². The third-order valence-corrected chi connectivity index (χ3v) is 6.02. The molecule has 2 heterocycles. The molecule has 2 nitrogen and oxygen atoms in total. The lowest BCUT2D eigenvalue weighted by Gasteiger charge is -2.41. The van der Waals surface area contributed by atoms with Crippen LogP contribution in [0, 0.1) is 10.8 Å². The van der Waals surface area contributed by atoms with Crippen LogP contribution in [0.2, 0.25) is 0 Å². The fourth-order valence-electron chi connectivity index (χ4n) is 4.44. The summed E-state index contributed by atoms with van der Waals surface area (Å²) in [6.45, 7) is 13.7. The first-order valence-corrected chi connectivity index (χ1v) is 8.61. The Kier molecular flexibility index (Phi) is 5.30. The minimum Gasteiger partial charge on any atom is -0.317 e. The van der Waals surface area contributed by atoms with Gasteiger partial charge in [0.25, 0.3) is 0 Å². The summed E-state index contributed by atoms with van der Waals surface area (Å²) in [7, 11) is 0. The summed E-state index contributed by atoms with van der Waals surface area (Å²) in [4.78, 5) is 2.80. The van der Waals surface area contributed by atoms with Crippen molar-refractivity contribution in [3.05, 3.63) is 0 Å². The van der Waals surface area contributed by atoms with Crippen LogP contribution in [0.15, 0.2) is 0 Å². The molecule has 112 valence electrons. The molecule has 0 atom stereocenters. The van der Waals surface area contributed by atoms with E-state index in [0.29, 0.717) is 10.8 Å². The van der Waals surface area contributed by atoms with Gasteiger partial charge in [0, 0.05) is 13.1 Å². The predicted octanol–water partition coefficient (Wildman–Crippen LogP) is 3.67. The van der Waals surface area contributed by atoms with Gasteiger partial charge in [0.15, 0.2) is 0 Å². The molecule has 2 heteroatoms. The lowest BCUT2D eigenvalue weighted by atomic mass is 9.75. The van der Waals surface area contributed by atoms with Gasteiger partial charge in [-0.15, -0.1) is 0 Å². The van der Waals surface area contributed by atoms with E-state index in [1.165, 1.54) is 77.7 Å². The SMILES string of the molecule is CCCC1(CN2CCC(CC)(CC)C2)CCNCC1. The van der Waals surface area contributed by atoms with E-state index in [1.807, 2.05) is 0 Å². The van der Waals surface area contributed by atoms with E-state index in [2.05, 4.69) is 31.0 Å². The highest BCUT2D eigenvalue weighted by Gasteiger charge is 2.39. The van der Waals surface area contributed by atoms with Crippen LogP contribution < -0.4 is 5.32 Å². The summed E-state index contributed by atoms with van der Waals surface area (Å²) < 4.78 is 0. The number of hydrogen-bond donors (Lipinski definition) is 1. The number of rotatable bonds is 6. The summed E-state index contributed by atoms with van der Waals surface area (Å²) >= 11 is 0. The number of nitrogens with one attached hydrogen (secondary N) is 1. The van der Waals surface area contributed by atoms with Crippen molar-refractivity contribution in [1.82, 2.24) is 10.2 Å². The van der Waals surface area contributed by atoms with Gasteiger partial charge >= 0.3 is 0 Å². The Morgan fingerprint density at radius 3 is 2.16 bits per heavy atom. The monoisotopic (exact) mass is 266 g/mol. The summed E-state index contributed by atoms with van der Waals surface area (Å²) in [5.74, 6) is 0. The molecule has 2 fully saturated rings. The van der Waals surface area contributed by atoms with Crippen LogP contribution in [0.5, 0.6) is 0 Å². The molecule has 0 radical (unpaired) electrons. The third kappa shape index (κ3) is 3.52. The number of hydrogen-bond acceptors (Lipinski definition) is 2. The molecule has 0 aromatic carbocycles. The number of piperidine rings is 1. The first-order valence-electron chi connectivity index (χ1n) is 8.61. The quantitative estimate of drug-likeness (QED) is 0.789. The van der Waals surface area contributed by atoms with Gasteiger partial charge in [-0.05, 0) is 69.0 Å². The molecule has 0 unspecified atom stereocenters. The van der Waals surface area contributed by atoms with Crippen LogP contribution >= 0.6 is 0 Å². The van der Waals surface area contributed by atoms with Crippen molar-refractivity contribution in [2.45, 2.75) is 65.7 Å². The molecule has 0 aliphatic carbocycles. The normalized spacial score (nSPS) is 26.7. The Labute approximate surface area is 120 Å². The smallest absolute Gasteiger partial charge is 0.00392 e. The predicted molar refractivity (Wildman–Crippen MR) is 83.5 cm³/mol. The Bertz CT molecular complexity index is 259. The standard InChI is InChI=1S/C17H34N2/c1-4-7-17(8-11-18-12-9-17)15-19-13-10-16(5-2,6-3)14-19/h18H,4-15H2,1-3H3. The van der Waals surface area contributed by atoms with Crippen LogP contribution in [-0.2, 0) is 0 Å². The fourth-order valence-corrected chi connectivity index (χ4v) is 4.44. The Balaban J connectivity index is 1.95. The second kappa shape index (κ2) is 6.58. The fraction of sp³-hybridized carbons (Fsp3) is 1.00. The topological polar surface area (TPSA) is 15.3 Å². The Hall–Kier alpha value is -0.0800. The maximum Gasteiger partial charge on any atom is 0.00392 e. The second-order valence-corrected chi connectivity index (χ2v) is 7.17. The van der Waals surface area contributed by atoms with E-state index in [-0.39, 0.29) is 0 Å². The molecule has 19 heavy (non-hydrogen) atoms. The van der Waals surface area contributed by atoms with Crippen molar-refractivity contribution in [2.75, 3.05) is 32.7 Å². The summed E-state index contributed by atoms with van der Waals surface area (Å²) in [6.07, 6.45) is 9.72. The van der Waals surface area contributed by atoms with E-state index in [4.69, 9.17) is 0 Å². The average molecular weight is 266 g/mol. The highest BCUT2D eigenvalue weighted by atomic mass is 15.2. The van der Waals surface area contributed by atoms with Crippen molar-refractivity contribution in [3.8, 4) is 0 Å². The molecule has 2 saturated heterocycles. The van der Waals surface area contributed by atoms with Gasteiger partial charge in [0.05, 0.1) is 0 Å². The summed E-state index contributed by atoms with van der Waals surface area (Å²) in [5.41, 5.74) is 1.26. The largest absolute Gasteiger partial charge is 0.317 e. The van der Waals surface area contributed by atoms with E-state index in [9.17, 15) is 0 Å². The first kappa shape index (κ1) is 15.3. The molecule has 0 aromatic heterocycles. The maximum atomic E-state index is 3.54. The maximum absolute atomic E-state index is 3.54. The van der Waals surface area contributed by atoms with Gasteiger partial charge in [-0.3, -0.25) is 0 Å². The minimum atomic E-state index is 0.623. The Morgan fingerprint density at radius 2 is 1.63 bits per heavy atom. The second-order valence-electron chi connectivity index (χ2n) is 7.17. The van der Waals surface area contributed by atoms with Gasteiger partial charge in [-0.1, -0.05) is 27.2 Å². The van der Waals surface area contributed by atoms with E-state index in [1.54, 1.807) is 0 Å². The van der Waals surface area contributed by atoms with Crippen LogP contribution in [0.25, 0.3) is 0 Å². The number of nitrogens with zero attached hydrogens (tertiary/aromatic N) is 1. The highest BCUT2D eigenvalue weighted by Crippen LogP contribution is 2.41. The van der Waals surface area contributed by atoms with Crippen LogP contribution in [-0.4, -0.2) is 37.6 Å². The molecule has 0 bridgehead atoms. The molecule has 0 saturated carbocycles. The summed E-state index contributed by atoms with van der Waals surface area (Å²) in [5, 5.41) is 3.54. The van der Waals surface area contributed by atoms with Crippen molar-refractivity contribution in [3.63, 3.8) is 0 Å². The lowest BCUT2D eigenvalue weighted by molar-refractivity contribution is 0.105. The van der Waals surface area contributed by atoms with Gasteiger partial charge in [-0.25, -0.2) is 0 Å². The molecule has 2 rings (SSSR count). The number of likely N-dealkylation sites (tertiary alicyclic amines) is 1. The molecular weight excluding hydrogens is 232 g/mol. The van der Waals surface area contributed by atoms with Crippen LogP contribution in [0.1, 0.15) is 65.7 Å². The molecule has 1 N–H and O–H groups in total. The van der Waals surface area contributed by atoms with Crippen LogP contribution in [0.3, 0.4) is 0 Å². The first-order chi connectivity index (χ1) is 9.17. The minimum absolute atomic E-state index is 0.623. The van der Waals surface area contributed by atoms with E-state index in [0.717, 1.165) is 0 Å². The Morgan fingerprint density at radius 1 is 0.947 bits per heavy atom. The molecule has 0 spiro atoms. The van der Waals surface area contributed by atoms with Crippen molar-refractivity contribution >= 4 is 0 Å². The van der Waals surface area contributed by atoms with Crippen molar-refractivity contribution in [1.29, 1.82) is 0 Å². The summed E-state index contributed by atoms with van der Waals surface area (Å²) in [6, 6.07) is 0. The average Bonchev–Trinajstić information content (AvgIpc) is 2.84. The molecular formula is C17H34N2. The molecule has 2 aliphatic heterocycles. The lowest BCUT2D eigenvalue weighted by Crippen LogP contribution is -2.44. The van der Waals surface area contributed by atoms with Gasteiger partial charge < -0.3 is 10.2 Å². The van der Waals surface area contributed by atoms with Crippen molar-refractivity contribution in [2.24, 2.45) is 10.8 Å². The molecule has 0 amide bonds. The molecule has 2 aliphatic rings. The van der Waals surface area contributed by atoms with Gasteiger partial charge in [0.1, 0.15) is 0 Å². The van der Waals surface area contributed by atoms with E-state index < -0.39 is 0 Å². The van der Waals surface area contributed by atoms with Gasteiger partial charge in [-0.2, -0.15) is 0 Å². The van der Waals surface area contributed by atoms with Crippen LogP contribution in [0.4, 0.5) is 0 Å². The van der Waals surface area contributed by atoms with Crippen molar-refractivity contribution < 1.29 is 0 Å².